The van der Waals surface area contributed by atoms with Crippen molar-refractivity contribution in [2.75, 3.05) is 31.1 Å². The van der Waals surface area contributed by atoms with Crippen molar-refractivity contribution in [2.24, 2.45) is 0 Å². The predicted molar refractivity (Wildman–Crippen MR) is 93.7 cm³/mol. The van der Waals surface area contributed by atoms with Crippen LogP contribution in [-0.2, 0) is 9.53 Å². The van der Waals surface area contributed by atoms with E-state index in [0.29, 0.717) is 26.1 Å². The van der Waals surface area contributed by atoms with Crippen molar-refractivity contribution >= 4 is 17.5 Å². The van der Waals surface area contributed by atoms with Crippen molar-refractivity contribution in [1.29, 1.82) is 0 Å². The zero-order valence-electron chi connectivity index (χ0n) is 14.5. The molecule has 1 spiro atoms. The van der Waals surface area contributed by atoms with Crippen LogP contribution in [0.3, 0.4) is 0 Å². The maximum Gasteiger partial charge on any atom is 0.291 e. The monoisotopic (exact) mass is 355 g/mol. The van der Waals surface area contributed by atoms with E-state index in [4.69, 9.17) is 9.15 Å². The number of anilines is 1. The number of morpholine rings is 1. The SMILES string of the molecule is O=C(c1cnco1)N1CCOC2(CCCCN(c3ccccc3)C2=O)C1. The van der Waals surface area contributed by atoms with Gasteiger partial charge in [-0.1, -0.05) is 18.2 Å². The molecule has 2 aliphatic rings. The Hall–Kier alpha value is -2.67. The minimum atomic E-state index is -1.000. The van der Waals surface area contributed by atoms with E-state index in [1.807, 2.05) is 30.3 Å². The molecule has 26 heavy (non-hydrogen) atoms. The molecule has 1 aromatic carbocycles. The van der Waals surface area contributed by atoms with Crippen LogP contribution in [0.5, 0.6) is 0 Å². The number of carbonyl (C=O) groups excluding carboxylic acids is 2. The highest BCUT2D eigenvalue weighted by Crippen LogP contribution is 2.32. The number of carbonyl (C=O) groups is 2. The Morgan fingerprint density at radius 2 is 2.00 bits per heavy atom. The van der Waals surface area contributed by atoms with Crippen LogP contribution in [-0.4, -0.2) is 53.5 Å². The second kappa shape index (κ2) is 6.92. The number of amides is 2. The summed E-state index contributed by atoms with van der Waals surface area (Å²) in [6.07, 6.45) is 5.02. The maximum atomic E-state index is 13.4. The third-order valence-electron chi connectivity index (χ3n) is 5.03. The number of hydrogen-bond acceptors (Lipinski definition) is 5. The molecule has 0 aliphatic carbocycles. The first-order valence-electron chi connectivity index (χ1n) is 8.88. The maximum absolute atomic E-state index is 13.4. The smallest absolute Gasteiger partial charge is 0.291 e. The van der Waals surface area contributed by atoms with Gasteiger partial charge in [0.15, 0.2) is 12.0 Å². The minimum Gasteiger partial charge on any atom is -0.438 e. The summed E-state index contributed by atoms with van der Waals surface area (Å²) in [7, 11) is 0. The standard InChI is InChI=1S/C19H21N3O4/c23-17(16-12-20-14-25-16)21-10-11-26-19(13-21)8-4-5-9-22(18(19)24)15-6-2-1-3-7-15/h1-3,6-7,12,14H,4-5,8-11,13H2. The summed E-state index contributed by atoms with van der Waals surface area (Å²) in [5.41, 5.74) is -0.138. The number of rotatable bonds is 2. The van der Waals surface area contributed by atoms with Crippen LogP contribution in [0.4, 0.5) is 5.69 Å². The number of nitrogens with zero attached hydrogens (tertiary/aromatic N) is 3. The van der Waals surface area contributed by atoms with Crippen molar-refractivity contribution in [1.82, 2.24) is 9.88 Å². The van der Waals surface area contributed by atoms with E-state index in [1.54, 1.807) is 9.80 Å². The Bertz CT molecular complexity index is 777. The van der Waals surface area contributed by atoms with Crippen molar-refractivity contribution in [3.05, 3.63) is 48.7 Å². The van der Waals surface area contributed by atoms with E-state index in [2.05, 4.69) is 4.98 Å². The lowest BCUT2D eigenvalue weighted by atomic mass is 9.94. The van der Waals surface area contributed by atoms with Gasteiger partial charge in [0, 0.05) is 18.8 Å². The third-order valence-corrected chi connectivity index (χ3v) is 5.03. The zero-order chi connectivity index (χ0) is 18.0. The highest BCUT2D eigenvalue weighted by atomic mass is 16.5. The van der Waals surface area contributed by atoms with E-state index >= 15 is 0 Å². The zero-order valence-corrected chi connectivity index (χ0v) is 14.5. The molecule has 1 atom stereocenters. The first-order chi connectivity index (χ1) is 12.7. The lowest BCUT2D eigenvalue weighted by molar-refractivity contribution is -0.155. The summed E-state index contributed by atoms with van der Waals surface area (Å²) < 4.78 is 11.1. The van der Waals surface area contributed by atoms with E-state index < -0.39 is 5.60 Å². The molecule has 0 N–H and O–H groups in total. The number of ether oxygens (including phenoxy) is 1. The summed E-state index contributed by atoms with van der Waals surface area (Å²) in [5, 5.41) is 0. The highest BCUT2D eigenvalue weighted by Gasteiger charge is 2.48. The highest BCUT2D eigenvalue weighted by molar-refractivity contribution is 6.01. The van der Waals surface area contributed by atoms with Crippen LogP contribution in [0.1, 0.15) is 29.8 Å². The first-order valence-corrected chi connectivity index (χ1v) is 8.88. The van der Waals surface area contributed by atoms with Crippen LogP contribution in [0.2, 0.25) is 0 Å². The molecule has 4 rings (SSSR count). The van der Waals surface area contributed by atoms with Gasteiger partial charge in [-0.15, -0.1) is 0 Å². The van der Waals surface area contributed by atoms with Crippen LogP contribution < -0.4 is 4.90 Å². The Morgan fingerprint density at radius 3 is 2.77 bits per heavy atom. The van der Waals surface area contributed by atoms with Crippen LogP contribution in [0.25, 0.3) is 0 Å². The molecule has 2 aliphatic heterocycles. The van der Waals surface area contributed by atoms with Crippen LogP contribution in [0.15, 0.2) is 47.3 Å². The molecule has 2 amide bonds. The quantitative estimate of drug-likeness (QED) is 0.825. The average molecular weight is 355 g/mol. The molecule has 0 saturated carbocycles. The first kappa shape index (κ1) is 16.8. The molecule has 2 aromatic rings. The number of benzene rings is 1. The molecule has 1 aromatic heterocycles. The van der Waals surface area contributed by atoms with Gasteiger partial charge in [0.25, 0.3) is 11.8 Å². The summed E-state index contributed by atoms with van der Waals surface area (Å²) in [6.45, 7) is 1.65. The Kier molecular flexibility index (Phi) is 4.46. The second-order valence-corrected chi connectivity index (χ2v) is 6.68. The molecule has 0 bridgehead atoms. The van der Waals surface area contributed by atoms with Gasteiger partial charge in [-0.05, 0) is 31.4 Å². The molecule has 7 nitrogen and oxygen atoms in total. The average Bonchev–Trinajstić information content (AvgIpc) is 3.18. The van der Waals surface area contributed by atoms with Gasteiger partial charge in [0.05, 0.1) is 19.3 Å². The lowest BCUT2D eigenvalue weighted by Gasteiger charge is -2.42. The number of hydrogen-bond donors (Lipinski definition) is 0. The molecule has 2 fully saturated rings. The molecule has 0 radical (unpaired) electrons. The van der Waals surface area contributed by atoms with Gasteiger partial charge in [0.1, 0.15) is 0 Å². The van der Waals surface area contributed by atoms with E-state index in [-0.39, 0.29) is 24.1 Å². The van der Waals surface area contributed by atoms with Crippen LogP contribution >= 0.6 is 0 Å². The normalized spacial score (nSPS) is 23.9. The van der Waals surface area contributed by atoms with Crippen molar-refractivity contribution in [2.45, 2.75) is 24.9 Å². The molecule has 2 saturated heterocycles. The second-order valence-electron chi connectivity index (χ2n) is 6.68. The molecule has 3 heterocycles. The van der Waals surface area contributed by atoms with Crippen molar-refractivity contribution < 1.29 is 18.7 Å². The third kappa shape index (κ3) is 2.99. The molecule has 136 valence electrons. The summed E-state index contributed by atoms with van der Waals surface area (Å²) >= 11 is 0. The van der Waals surface area contributed by atoms with Gasteiger partial charge in [-0.2, -0.15) is 0 Å². The summed E-state index contributed by atoms with van der Waals surface area (Å²) in [5.74, 6) is -0.146. The molecule has 1 unspecified atom stereocenters. The molecule has 7 heteroatoms. The van der Waals surface area contributed by atoms with E-state index in [9.17, 15) is 9.59 Å². The molecular weight excluding hydrogens is 334 g/mol. The Morgan fingerprint density at radius 1 is 1.15 bits per heavy atom. The van der Waals surface area contributed by atoms with Gasteiger partial charge in [-0.3, -0.25) is 9.59 Å². The number of oxazole rings is 1. The topological polar surface area (TPSA) is 75.9 Å². The number of aromatic nitrogens is 1. The Balaban J connectivity index is 1.61. The van der Waals surface area contributed by atoms with Gasteiger partial charge >= 0.3 is 0 Å². The predicted octanol–water partition coefficient (Wildman–Crippen LogP) is 2.10. The lowest BCUT2D eigenvalue weighted by Crippen LogP contribution is -2.61. The fourth-order valence-electron chi connectivity index (χ4n) is 3.70. The Labute approximate surface area is 151 Å². The van der Waals surface area contributed by atoms with Crippen molar-refractivity contribution in [3.8, 4) is 0 Å². The fraction of sp³-hybridized carbons (Fsp3) is 0.421. The van der Waals surface area contributed by atoms with E-state index in [1.165, 1.54) is 12.6 Å². The minimum absolute atomic E-state index is 0.0729. The molecular formula is C19H21N3O4. The summed E-state index contributed by atoms with van der Waals surface area (Å²) in [4.78, 5) is 33.3. The summed E-state index contributed by atoms with van der Waals surface area (Å²) in [6, 6.07) is 9.62. The number of para-hydroxylation sites is 1. The van der Waals surface area contributed by atoms with Gasteiger partial charge in [-0.25, -0.2) is 4.98 Å². The van der Waals surface area contributed by atoms with Crippen molar-refractivity contribution in [3.63, 3.8) is 0 Å². The largest absolute Gasteiger partial charge is 0.438 e. The van der Waals surface area contributed by atoms with Gasteiger partial charge < -0.3 is 19.0 Å². The fourth-order valence-corrected chi connectivity index (χ4v) is 3.70. The van der Waals surface area contributed by atoms with Gasteiger partial charge in [0.2, 0.25) is 5.76 Å². The van der Waals surface area contributed by atoms with E-state index in [0.717, 1.165) is 18.5 Å². The van der Waals surface area contributed by atoms with Crippen LogP contribution in [0, 0.1) is 0 Å².